The van der Waals surface area contributed by atoms with Crippen LogP contribution in [0.3, 0.4) is 0 Å². The van der Waals surface area contributed by atoms with Crippen LogP contribution >= 0.6 is 0 Å². The summed E-state index contributed by atoms with van der Waals surface area (Å²) in [6.07, 6.45) is -1.16. The molecule has 252 valence electrons. The van der Waals surface area contributed by atoms with Crippen molar-refractivity contribution >= 4 is 36.1 Å². The van der Waals surface area contributed by atoms with Crippen LogP contribution < -0.4 is 10.6 Å². The smallest absolute Gasteiger partial charge is 0.414 e. The van der Waals surface area contributed by atoms with Crippen molar-refractivity contribution < 1.29 is 42.9 Å². The highest BCUT2D eigenvalue weighted by atomic mass is 16.6. The van der Waals surface area contributed by atoms with Crippen molar-refractivity contribution in [1.82, 2.24) is 20.4 Å². The standard InChI is InChI=1S/C33H41N5O9/c1-32(2,3)47-31(43)37-20-25(39)38(33(16-17-33)26(37)27(40)44-4)19-11-18-34-28(35-29(41)45-21-23-12-7-5-8-13-23)36-30(42)46-22-24-14-9-6-10-15-24/h5-10,12-15,26H,11,16-22H2,1-4H3,(H2,34,35,36,41,42). The lowest BCUT2D eigenvalue weighted by molar-refractivity contribution is -0.160. The fourth-order valence-corrected chi connectivity index (χ4v) is 5.22. The van der Waals surface area contributed by atoms with Gasteiger partial charge in [-0.25, -0.2) is 19.2 Å². The first-order chi connectivity index (χ1) is 22.4. The predicted octanol–water partition coefficient (Wildman–Crippen LogP) is 3.74. The van der Waals surface area contributed by atoms with Gasteiger partial charge in [0.2, 0.25) is 11.9 Å². The Morgan fingerprint density at radius 3 is 1.89 bits per heavy atom. The van der Waals surface area contributed by atoms with Crippen molar-refractivity contribution in [3.63, 3.8) is 0 Å². The van der Waals surface area contributed by atoms with Crippen LogP contribution in [0, 0.1) is 0 Å². The van der Waals surface area contributed by atoms with Gasteiger partial charge in [-0.05, 0) is 51.2 Å². The number of benzene rings is 2. The minimum Gasteiger partial charge on any atom is -0.467 e. The molecule has 2 fully saturated rings. The molecule has 1 unspecified atom stereocenters. The minimum atomic E-state index is -1.03. The predicted molar refractivity (Wildman–Crippen MR) is 169 cm³/mol. The number of hydrogen-bond donors (Lipinski definition) is 2. The van der Waals surface area contributed by atoms with E-state index in [1.807, 2.05) is 36.4 Å². The molecule has 2 N–H and O–H groups in total. The molecule has 2 aromatic rings. The third-order valence-electron chi connectivity index (χ3n) is 7.46. The lowest BCUT2D eigenvalue weighted by Crippen LogP contribution is -2.68. The topological polar surface area (TPSA) is 165 Å². The normalized spacial score (nSPS) is 16.5. The van der Waals surface area contributed by atoms with Crippen molar-refractivity contribution in [2.45, 2.75) is 70.4 Å². The second-order valence-electron chi connectivity index (χ2n) is 12.1. The third-order valence-corrected chi connectivity index (χ3v) is 7.46. The van der Waals surface area contributed by atoms with Gasteiger partial charge in [-0.15, -0.1) is 0 Å². The van der Waals surface area contributed by atoms with Crippen LogP contribution in [-0.4, -0.2) is 89.8 Å². The molecule has 1 aliphatic heterocycles. The average Bonchev–Trinajstić information content (AvgIpc) is 3.82. The molecular weight excluding hydrogens is 610 g/mol. The Balaban J connectivity index is 1.41. The van der Waals surface area contributed by atoms with Gasteiger partial charge in [0, 0.05) is 13.1 Å². The number of nitrogens with zero attached hydrogens (tertiary/aromatic N) is 3. The summed E-state index contributed by atoms with van der Waals surface area (Å²) >= 11 is 0. The Hall–Kier alpha value is -5.14. The van der Waals surface area contributed by atoms with Gasteiger partial charge < -0.3 is 23.8 Å². The number of aliphatic imine (C=N–C) groups is 1. The van der Waals surface area contributed by atoms with Crippen LogP contribution in [0.4, 0.5) is 14.4 Å². The van der Waals surface area contributed by atoms with Crippen LogP contribution in [0.2, 0.25) is 0 Å². The van der Waals surface area contributed by atoms with Gasteiger partial charge in [0.15, 0.2) is 6.04 Å². The van der Waals surface area contributed by atoms with Gasteiger partial charge in [0.25, 0.3) is 0 Å². The highest BCUT2D eigenvalue weighted by Gasteiger charge is 2.64. The molecule has 1 saturated carbocycles. The van der Waals surface area contributed by atoms with E-state index in [-0.39, 0.29) is 44.7 Å². The number of alkyl carbamates (subject to hydrolysis) is 2. The van der Waals surface area contributed by atoms with Gasteiger partial charge in [-0.3, -0.25) is 25.3 Å². The number of hydrogen-bond acceptors (Lipinski definition) is 10. The molecular formula is C33H41N5O9. The molecule has 2 aromatic carbocycles. The number of piperazine rings is 1. The van der Waals surface area contributed by atoms with Crippen molar-refractivity contribution in [1.29, 1.82) is 0 Å². The summed E-state index contributed by atoms with van der Waals surface area (Å²) in [5.74, 6) is -1.18. The maximum absolute atomic E-state index is 13.3. The van der Waals surface area contributed by atoms with Crippen LogP contribution in [-0.2, 0) is 41.8 Å². The van der Waals surface area contributed by atoms with E-state index >= 15 is 0 Å². The number of carbonyl (C=O) groups excluding carboxylic acids is 5. The zero-order valence-electron chi connectivity index (χ0n) is 27.0. The quantitative estimate of drug-likeness (QED) is 0.135. The van der Waals surface area contributed by atoms with E-state index in [1.54, 1.807) is 49.9 Å². The Labute approximate surface area is 273 Å². The number of guanidine groups is 1. The summed E-state index contributed by atoms with van der Waals surface area (Å²) < 4.78 is 21.0. The summed E-state index contributed by atoms with van der Waals surface area (Å²) in [5.41, 5.74) is -0.210. The molecule has 4 rings (SSSR count). The largest absolute Gasteiger partial charge is 0.467 e. The number of nitrogens with one attached hydrogen (secondary N) is 2. The van der Waals surface area contributed by atoms with Crippen molar-refractivity contribution in [2.75, 3.05) is 26.7 Å². The summed E-state index contributed by atoms with van der Waals surface area (Å²) in [5, 5.41) is 4.87. The molecule has 0 bridgehead atoms. The van der Waals surface area contributed by atoms with Crippen molar-refractivity contribution in [3.8, 4) is 0 Å². The van der Waals surface area contributed by atoms with Gasteiger partial charge in [0.05, 0.1) is 12.6 Å². The molecule has 14 nitrogen and oxygen atoms in total. The highest BCUT2D eigenvalue weighted by molar-refractivity contribution is 6.01. The second-order valence-corrected chi connectivity index (χ2v) is 12.1. The Kier molecular flexibility index (Phi) is 11.4. The maximum atomic E-state index is 13.3. The molecule has 1 spiro atoms. The highest BCUT2D eigenvalue weighted by Crippen LogP contribution is 2.49. The second kappa shape index (κ2) is 15.4. The Bertz CT molecular complexity index is 1400. The van der Waals surface area contributed by atoms with Crippen molar-refractivity contribution in [2.24, 2.45) is 4.99 Å². The van der Waals surface area contributed by atoms with Crippen LogP contribution in [0.25, 0.3) is 0 Å². The number of amides is 4. The fraction of sp³-hybridized carbons (Fsp3) is 0.455. The molecule has 47 heavy (non-hydrogen) atoms. The Morgan fingerprint density at radius 2 is 1.43 bits per heavy atom. The SMILES string of the molecule is COC(=O)C1N(C(=O)OC(C)(C)C)CC(=O)N(CCCN=C(NC(=O)OCc2ccccc2)NC(=O)OCc2ccccc2)C12CC2. The molecule has 1 heterocycles. The van der Waals surface area contributed by atoms with Crippen molar-refractivity contribution in [3.05, 3.63) is 71.8 Å². The van der Waals surface area contributed by atoms with E-state index in [4.69, 9.17) is 18.9 Å². The average molecular weight is 652 g/mol. The zero-order chi connectivity index (χ0) is 34.0. The monoisotopic (exact) mass is 651 g/mol. The van der Waals surface area contributed by atoms with E-state index in [1.165, 1.54) is 7.11 Å². The first-order valence-corrected chi connectivity index (χ1v) is 15.3. The molecule has 0 radical (unpaired) electrons. The first-order valence-electron chi connectivity index (χ1n) is 15.3. The van der Waals surface area contributed by atoms with Gasteiger partial charge in [0.1, 0.15) is 25.4 Å². The third kappa shape index (κ3) is 9.67. The molecule has 2 aliphatic rings. The molecule has 1 saturated heterocycles. The van der Waals surface area contributed by atoms with E-state index in [2.05, 4.69) is 15.6 Å². The van der Waals surface area contributed by atoms with Gasteiger partial charge >= 0.3 is 24.2 Å². The first kappa shape index (κ1) is 34.7. The van der Waals surface area contributed by atoms with Crippen LogP contribution in [0.5, 0.6) is 0 Å². The number of carbonyl (C=O) groups is 5. The zero-order valence-corrected chi connectivity index (χ0v) is 27.0. The molecule has 1 aliphatic carbocycles. The van der Waals surface area contributed by atoms with E-state index in [0.717, 1.165) is 16.0 Å². The van der Waals surface area contributed by atoms with E-state index in [9.17, 15) is 24.0 Å². The lowest BCUT2D eigenvalue weighted by atomic mass is 9.98. The summed E-state index contributed by atoms with van der Waals surface area (Å²) in [6, 6.07) is 17.1. The number of methoxy groups -OCH3 is 1. The molecule has 1 atom stereocenters. The van der Waals surface area contributed by atoms with Gasteiger partial charge in [-0.2, -0.15) is 0 Å². The lowest BCUT2D eigenvalue weighted by Gasteiger charge is -2.46. The summed E-state index contributed by atoms with van der Waals surface area (Å²) in [6.45, 7) is 5.02. The number of esters is 1. The number of rotatable bonds is 9. The summed E-state index contributed by atoms with van der Waals surface area (Å²) in [7, 11) is 1.23. The molecule has 14 heteroatoms. The minimum absolute atomic E-state index is 0.000758. The molecule has 0 aromatic heterocycles. The Morgan fingerprint density at radius 1 is 0.894 bits per heavy atom. The van der Waals surface area contributed by atoms with E-state index < -0.39 is 41.4 Å². The molecule has 4 amide bonds. The van der Waals surface area contributed by atoms with E-state index in [0.29, 0.717) is 19.3 Å². The summed E-state index contributed by atoms with van der Waals surface area (Å²) in [4.78, 5) is 71.4. The van der Waals surface area contributed by atoms with Crippen LogP contribution in [0.15, 0.2) is 65.7 Å². The fourth-order valence-electron chi connectivity index (χ4n) is 5.22. The maximum Gasteiger partial charge on any atom is 0.414 e. The van der Waals surface area contributed by atoms with Crippen LogP contribution in [0.1, 0.15) is 51.2 Å². The number of ether oxygens (including phenoxy) is 4. The van der Waals surface area contributed by atoms with Gasteiger partial charge in [-0.1, -0.05) is 60.7 Å².